The minimum Gasteiger partial charge on any atom is -0.372 e. The first-order chi connectivity index (χ1) is 15.5. The monoisotopic (exact) mass is 436 g/mol. The van der Waals surface area contributed by atoms with Gasteiger partial charge >= 0.3 is 0 Å². The average Bonchev–Trinajstić information content (AvgIpc) is 2.83. The summed E-state index contributed by atoms with van der Waals surface area (Å²) >= 11 is 0. The summed E-state index contributed by atoms with van der Waals surface area (Å²) in [5.41, 5.74) is 4.71. The van der Waals surface area contributed by atoms with Gasteiger partial charge in [-0.1, -0.05) is 24.3 Å². The molecular weight excluding hydrogens is 396 g/mol. The van der Waals surface area contributed by atoms with Gasteiger partial charge < -0.3 is 9.80 Å². The van der Waals surface area contributed by atoms with Crippen molar-refractivity contribution in [1.29, 1.82) is 0 Å². The molecule has 0 radical (unpaired) electrons. The van der Waals surface area contributed by atoms with Crippen LogP contribution in [0, 0.1) is 0 Å². The van der Waals surface area contributed by atoms with Crippen LogP contribution in [-0.4, -0.2) is 75.8 Å². The zero-order valence-corrected chi connectivity index (χ0v) is 20.7. The lowest BCUT2D eigenvalue weighted by atomic mass is 10.2. The Kier molecular flexibility index (Phi) is 10.6. The van der Waals surface area contributed by atoms with E-state index in [1.54, 1.807) is 0 Å². The summed E-state index contributed by atoms with van der Waals surface area (Å²) in [5, 5.41) is 13.0. The summed E-state index contributed by atoms with van der Waals surface area (Å²) in [7, 11) is 3.98. The maximum Gasteiger partial charge on any atom is 0.0549 e. The van der Waals surface area contributed by atoms with Crippen LogP contribution in [0.25, 0.3) is 0 Å². The SMILES string of the molecule is CCN(CC)c1ccc(/C=N\N(C)CCN(C)/N=C\c2ccc(N(CC)CC)cc2)cc1. The minimum absolute atomic E-state index is 0.794. The Morgan fingerprint density at radius 3 is 1.16 bits per heavy atom. The molecule has 0 bridgehead atoms. The molecule has 0 unspecified atom stereocenters. The van der Waals surface area contributed by atoms with Crippen molar-refractivity contribution in [1.82, 2.24) is 10.0 Å². The third kappa shape index (κ3) is 7.91. The zero-order chi connectivity index (χ0) is 23.3. The maximum absolute atomic E-state index is 4.55. The Morgan fingerprint density at radius 2 is 0.875 bits per heavy atom. The van der Waals surface area contributed by atoms with E-state index in [2.05, 4.69) is 96.2 Å². The lowest BCUT2D eigenvalue weighted by Crippen LogP contribution is -2.25. The highest BCUT2D eigenvalue weighted by molar-refractivity contribution is 5.80. The molecule has 0 saturated heterocycles. The molecule has 0 aliphatic rings. The van der Waals surface area contributed by atoms with Crippen LogP contribution in [0.4, 0.5) is 11.4 Å². The number of rotatable bonds is 13. The number of benzene rings is 2. The fraction of sp³-hybridized carbons (Fsp3) is 0.462. The largest absolute Gasteiger partial charge is 0.372 e. The Balaban J connectivity index is 1.80. The van der Waals surface area contributed by atoms with Gasteiger partial charge in [0.1, 0.15) is 0 Å². The van der Waals surface area contributed by atoms with Gasteiger partial charge in [-0.05, 0) is 63.1 Å². The van der Waals surface area contributed by atoms with E-state index in [4.69, 9.17) is 0 Å². The normalized spacial score (nSPS) is 11.3. The van der Waals surface area contributed by atoms with E-state index in [1.165, 1.54) is 11.4 Å². The summed E-state index contributed by atoms with van der Waals surface area (Å²) in [6, 6.07) is 17.1. The van der Waals surface area contributed by atoms with Crippen molar-refractivity contribution in [2.75, 3.05) is 63.2 Å². The predicted molar refractivity (Wildman–Crippen MR) is 140 cm³/mol. The molecule has 32 heavy (non-hydrogen) atoms. The zero-order valence-electron chi connectivity index (χ0n) is 20.7. The Bertz CT molecular complexity index is 749. The highest BCUT2D eigenvalue weighted by Gasteiger charge is 2.02. The van der Waals surface area contributed by atoms with Gasteiger partial charge in [0.15, 0.2) is 0 Å². The van der Waals surface area contributed by atoms with E-state index in [-0.39, 0.29) is 0 Å². The van der Waals surface area contributed by atoms with Crippen LogP contribution in [0.1, 0.15) is 38.8 Å². The Hall–Kier alpha value is -3.02. The average molecular weight is 437 g/mol. The smallest absolute Gasteiger partial charge is 0.0549 e. The molecule has 0 N–H and O–H groups in total. The van der Waals surface area contributed by atoms with Gasteiger partial charge in [0.05, 0.1) is 25.5 Å². The predicted octanol–water partition coefficient (Wildman–Crippen LogP) is 4.61. The molecule has 6 nitrogen and oxygen atoms in total. The van der Waals surface area contributed by atoms with E-state index < -0.39 is 0 Å². The molecule has 0 aliphatic heterocycles. The van der Waals surface area contributed by atoms with Crippen LogP contribution >= 0.6 is 0 Å². The molecule has 0 saturated carbocycles. The molecule has 2 rings (SSSR count). The van der Waals surface area contributed by atoms with Crippen LogP contribution in [0.2, 0.25) is 0 Å². The summed E-state index contributed by atoms with van der Waals surface area (Å²) in [6.45, 7) is 14.4. The highest BCUT2D eigenvalue weighted by atomic mass is 15.5. The van der Waals surface area contributed by atoms with Crippen molar-refractivity contribution < 1.29 is 0 Å². The van der Waals surface area contributed by atoms with Crippen molar-refractivity contribution in [3.05, 3.63) is 59.7 Å². The van der Waals surface area contributed by atoms with E-state index in [1.807, 2.05) is 36.5 Å². The summed E-state index contributed by atoms with van der Waals surface area (Å²) in [5.74, 6) is 0. The molecule has 0 spiro atoms. The molecule has 0 atom stereocenters. The van der Waals surface area contributed by atoms with Gasteiger partial charge in [-0.2, -0.15) is 10.2 Å². The van der Waals surface area contributed by atoms with Gasteiger partial charge in [-0.25, -0.2) is 0 Å². The van der Waals surface area contributed by atoms with Crippen LogP contribution in [0.15, 0.2) is 58.7 Å². The Morgan fingerprint density at radius 1 is 0.562 bits per heavy atom. The number of hydrogen-bond donors (Lipinski definition) is 0. The number of hydrogen-bond acceptors (Lipinski definition) is 6. The van der Waals surface area contributed by atoms with Crippen molar-refractivity contribution in [2.24, 2.45) is 10.2 Å². The molecule has 0 aliphatic carbocycles. The lowest BCUT2D eigenvalue weighted by Gasteiger charge is -2.21. The highest BCUT2D eigenvalue weighted by Crippen LogP contribution is 2.15. The minimum atomic E-state index is 0.794. The summed E-state index contributed by atoms with van der Waals surface area (Å²) < 4.78 is 0. The van der Waals surface area contributed by atoms with Crippen LogP contribution in [0.3, 0.4) is 0 Å². The second-order valence-corrected chi connectivity index (χ2v) is 7.78. The lowest BCUT2D eigenvalue weighted by molar-refractivity contribution is 0.272. The van der Waals surface area contributed by atoms with E-state index >= 15 is 0 Å². The molecule has 174 valence electrons. The first kappa shape index (κ1) is 25.2. The van der Waals surface area contributed by atoms with Gasteiger partial charge in [-0.15, -0.1) is 0 Å². The number of likely N-dealkylation sites (N-methyl/N-ethyl adjacent to an activating group) is 2. The Labute approximate surface area is 194 Å². The first-order valence-electron chi connectivity index (χ1n) is 11.7. The van der Waals surface area contributed by atoms with Crippen molar-refractivity contribution in [3.8, 4) is 0 Å². The van der Waals surface area contributed by atoms with Crippen molar-refractivity contribution >= 4 is 23.8 Å². The van der Waals surface area contributed by atoms with Crippen molar-refractivity contribution in [3.63, 3.8) is 0 Å². The molecule has 0 heterocycles. The van der Waals surface area contributed by atoms with E-state index in [0.717, 1.165) is 50.4 Å². The second kappa shape index (κ2) is 13.4. The van der Waals surface area contributed by atoms with Crippen LogP contribution < -0.4 is 9.80 Å². The summed E-state index contributed by atoms with van der Waals surface area (Å²) in [6.07, 6.45) is 3.82. The standard InChI is InChI=1S/C26H40N6/c1-7-31(8-2)25-15-11-23(12-16-25)21-27-29(5)19-20-30(6)28-22-24-13-17-26(18-14-24)32(9-3)10-4/h11-18,21-22H,7-10,19-20H2,1-6H3/b27-21-,28-22-. The van der Waals surface area contributed by atoms with E-state index in [0.29, 0.717) is 0 Å². The molecule has 0 aromatic heterocycles. The third-order valence-corrected chi connectivity index (χ3v) is 5.60. The van der Waals surface area contributed by atoms with Gasteiger partial charge in [0.2, 0.25) is 0 Å². The molecule has 0 amide bonds. The molecule has 6 heteroatoms. The molecule has 0 fully saturated rings. The van der Waals surface area contributed by atoms with E-state index in [9.17, 15) is 0 Å². The first-order valence-corrected chi connectivity index (χ1v) is 11.7. The van der Waals surface area contributed by atoms with Crippen molar-refractivity contribution in [2.45, 2.75) is 27.7 Å². The van der Waals surface area contributed by atoms with Gasteiger partial charge in [-0.3, -0.25) is 10.0 Å². The molecule has 2 aromatic rings. The maximum atomic E-state index is 4.55. The van der Waals surface area contributed by atoms with Gasteiger partial charge in [0.25, 0.3) is 0 Å². The fourth-order valence-corrected chi connectivity index (χ4v) is 3.46. The van der Waals surface area contributed by atoms with Gasteiger partial charge in [0, 0.05) is 51.6 Å². The molecular formula is C26H40N6. The topological polar surface area (TPSA) is 37.7 Å². The number of nitrogens with zero attached hydrogens (tertiary/aromatic N) is 6. The third-order valence-electron chi connectivity index (χ3n) is 5.60. The fourth-order valence-electron chi connectivity index (χ4n) is 3.46. The van der Waals surface area contributed by atoms with Crippen LogP contribution in [-0.2, 0) is 0 Å². The van der Waals surface area contributed by atoms with Crippen LogP contribution in [0.5, 0.6) is 0 Å². The number of anilines is 2. The number of hydrazone groups is 2. The summed E-state index contributed by atoms with van der Waals surface area (Å²) in [4.78, 5) is 4.67. The quantitative estimate of drug-likeness (QED) is 0.339. The second-order valence-electron chi connectivity index (χ2n) is 7.78. The molecule has 2 aromatic carbocycles.